The van der Waals surface area contributed by atoms with Gasteiger partial charge in [-0.05, 0) is 37.1 Å². The van der Waals surface area contributed by atoms with Gasteiger partial charge in [0, 0.05) is 24.1 Å². The number of ether oxygens (including phenoxy) is 1. The molecular formula is C18H21NO2. The summed E-state index contributed by atoms with van der Waals surface area (Å²) < 4.78 is 5.31. The van der Waals surface area contributed by atoms with E-state index < -0.39 is 0 Å². The molecule has 0 unspecified atom stereocenters. The van der Waals surface area contributed by atoms with Crippen molar-refractivity contribution in [2.24, 2.45) is 0 Å². The topological polar surface area (TPSA) is 52.3 Å². The molecule has 0 heterocycles. The van der Waals surface area contributed by atoms with E-state index in [4.69, 9.17) is 10.5 Å². The van der Waals surface area contributed by atoms with Gasteiger partial charge in [0.2, 0.25) is 0 Å². The van der Waals surface area contributed by atoms with Crippen molar-refractivity contribution in [1.82, 2.24) is 0 Å². The number of nitrogen functional groups attached to an aromatic ring is 1. The van der Waals surface area contributed by atoms with Crippen molar-refractivity contribution >= 4 is 11.5 Å². The van der Waals surface area contributed by atoms with E-state index in [1.165, 1.54) is 0 Å². The minimum Gasteiger partial charge on any atom is -0.496 e. The van der Waals surface area contributed by atoms with E-state index in [1.807, 2.05) is 49.4 Å². The first-order valence-electron chi connectivity index (χ1n) is 7.08. The van der Waals surface area contributed by atoms with Crippen molar-refractivity contribution in [3.63, 3.8) is 0 Å². The van der Waals surface area contributed by atoms with Crippen LogP contribution in [-0.2, 0) is 17.6 Å². The molecule has 2 aromatic rings. The average molecular weight is 283 g/mol. The second-order valence-electron chi connectivity index (χ2n) is 5.28. The number of rotatable bonds is 6. The lowest BCUT2D eigenvalue weighted by Crippen LogP contribution is -2.06. The molecular weight excluding hydrogens is 262 g/mol. The van der Waals surface area contributed by atoms with Crippen LogP contribution in [0.3, 0.4) is 0 Å². The first-order valence-corrected chi connectivity index (χ1v) is 7.08. The zero-order valence-corrected chi connectivity index (χ0v) is 12.6. The molecule has 0 atom stereocenters. The van der Waals surface area contributed by atoms with Crippen molar-refractivity contribution in [3.8, 4) is 5.75 Å². The number of nitrogens with two attached hydrogens (primary N) is 1. The van der Waals surface area contributed by atoms with Crippen LogP contribution in [0, 0.1) is 6.92 Å². The number of aryl methyl sites for hydroxylation is 2. The predicted molar refractivity (Wildman–Crippen MR) is 85.6 cm³/mol. The highest BCUT2D eigenvalue weighted by Gasteiger charge is 2.09. The normalized spacial score (nSPS) is 10.4. The molecule has 0 radical (unpaired) electrons. The number of Topliss-reactive ketones (excluding diaryl/α,β-unsaturated/α-hetero) is 1. The van der Waals surface area contributed by atoms with Gasteiger partial charge in [0.05, 0.1) is 7.11 Å². The van der Waals surface area contributed by atoms with Crippen LogP contribution in [0.15, 0.2) is 42.5 Å². The molecule has 0 bridgehead atoms. The van der Waals surface area contributed by atoms with Gasteiger partial charge in [-0.2, -0.15) is 0 Å². The van der Waals surface area contributed by atoms with Gasteiger partial charge in [-0.25, -0.2) is 0 Å². The fourth-order valence-corrected chi connectivity index (χ4v) is 2.38. The van der Waals surface area contributed by atoms with Gasteiger partial charge in [-0.1, -0.05) is 29.8 Å². The Morgan fingerprint density at radius 1 is 1.19 bits per heavy atom. The summed E-state index contributed by atoms with van der Waals surface area (Å²) in [7, 11) is 1.63. The third-order valence-corrected chi connectivity index (χ3v) is 3.47. The van der Waals surface area contributed by atoms with Gasteiger partial charge in [-0.15, -0.1) is 0 Å². The lowest BCUT2D eigenvalue weighted by Gasteiger charge is -2.09. The molecule has 0 aromatic heterocycles. The Balaban J connectivity index is 1.97. The van der Waals surface area contributed by atoms with Gasteiger partial charge < -0.3 is 10.5 Å². The largest absolute Gasteiger partial charge is 0.496 e. The summed E-state index contributed by atoms with van der Waals surface area (Å²) in [6.07, 6.45) is 1.64. The first kappa shape index (κ1) is 15.1. The molecule has 0 aliphatic heterocycles. The molecule has 3 nitrogen and oxygen atoms in total. The standard InChI is InChI=1S/C18H21NO2/c1-13-6-9-18(21-2)15(10-13)12-17(20)8-7-14-4-3-5-16(19)11-14/h3-6,9-11H,7-8,12,19H2,1-2H3. The molecule has 21 heavy (non-hydrogen) atoms. The van der Waals surface area contributed by atoms with Crippen LogP contribution in [0.25, 0.3) is 0 Å². The zero-order valence-electron chi connectivity index (χ0n) is 12.6. The highest BCUT2D eigenvalue weighted by atomic mass is 16.5. The summed E-state index contributed by atoms with van der Waals surface area (Å²) in [6.45, 7) is 2.01. The van der Waals surface area contributed by atoms with E-state index in [-0.39, 0.29) is 5.78 Å². The summed E-state index contributed by atoms with van der Waals surface area (Å²) in [5.74, 6) is 0.985. The Morgan fingerprint density at radius 2 is 2.00 bits per heavy atom. The van der Waals surface area contributed by atoms with Crippen molar-refractivity contribution in [3.05, 3.63) is 59.2 Å². The second kappa shape index (κ2) is 6.93. The molecule has 3 heteroatoms. The number of hydrogen-bond donors (Lipinski definition) is 1. The Bertz CT molecular complexity index is 635. The average Bonchev–Trinajstić information content (AvgIpc) is 2.45. The third kappa shape index (κ3) is 4.35. The summed E-state index contributed by atoms with van der Waals surface area (Å²) in [5, 5.41) is 0. The van der Waals surface area contributed by atoms with Gasteiger partial charge >= 0.3 is 0 Å². The van der Waals surface area contributed by atoms with Crippen LogP contribution in [0.4, 0.5) is 5.69 Å². The minimum atomic E-state index is 0.210. The molecule has 0 amide bonds. The summed E-state index contributed by atoms with van der Waals surface area (Å²) in [6, 6.07) is 13.6. The number of carbonyl (C=O) groups is 1. The molecule has 0 saturated heterocycles. The van der Waals surface area contributed by atoms with Gasteiger partial charge in [0.15, 0.2) is 0 Å². The van der Waals surface area contributed by atoms with E-state index in [1.54, 1.807) is 7.11 Å². The molecule has 2 rings (SSSR count). The van der Waals surface area contributed by atoms with E-state index in [9.17, 15) is 4.79 Å². The van der Waals surface area contributed by atoms with Gasteiger partial charge in [0.25, 0.3) is 0 Å². The maximum absolute atomic E-state index is 12.2. The number of methoxy groups -OCH3 is 1. The highest BCUT2D eigenvalue weighted by molar-refractivity contribution is 5.81. The Morgan fingerprint density at radius 3 is 2.71 bits per heavy atom. The smallest absolute Gasteiger partial charge is 0.137 e. The lowest BCUT2D eigenvalue weighted by molar-refractivity contribution is -0.118. The van der Waals surface area contributed by atoms with Crippen LogP contribution in [0.2, 0.25) is 0 Å². The van der Waals surface area contributed by atoms with Crippen LogP contribution in [0.5, 0.6) is 5.75 Å². The van der Waals surface area contributed by atoms with Crippen molar-refractivity contribution in [1.29, 1.82) is 0 Å². The molecule has 0 saturated carbocycles. The molecule has 0 fully saturated rings. The van der Waals surface area contributed by atoms with Crippen molar-refractivity contribution in [2.45, 2.75) is 26.2 Å². The molecule has 0 aliphatic carbocycles. The summed E-state index contributed by atoms with van der Waals surface area (Å²) in [4.78, 5) is 12.2. The maximum atomic E-state index is 12.2. The van der Waals surface area contributed by atoms with E-state index in [2.05, 4.69) is 0 Å². The van der Waals surface area contributed by atoms with E-state index >= 15 is 0 Å². The molecule has 2 N–H and O–H groups in total. The Hall–Kier alpha value is -2.29. The molecule has 0 spiro atoms. The maximum Gasteiger partial charge on any atom is 0.137 e. The van der Waals surface area contributed by atoms with E-state index in [0.717, 1.165) is 34.5 Å². The minimum absolute atomic E-state index is 0.210. The highest BCUT2D eigenvalue weighted by Crippen LogP contribution is 2.21. The van der Waals surface area contributed by atoms with Crippen LogP contribution >= 0.6 is 0 Å². The van der Waals surface area contributed by atoms with Crippen LogP contribution in [-0.4, -0.2) is 12.9 Å². The Kier molecular flexibility index (Phi) is 4.99. The fourth-order valence-electron chi connectivity index (χ4n) is 2.38. The lowest BCUT2D eigenvalue weighted by atomic mass is 10.0. The Labute approximate surface area is 125 Å². The van der Waals surface area contributed by atoms with Crippen molar-refractivity contribution < 1.29 is 9.53 Å². The number of anilines is 1. The van der Waals surface area contributed by atoms with Crippen molar-refractivity contribution in [2.75, 3.05) is 12.8 Å². The van der Waals surface area contributed by atoms with Crippen LogP contribution in [0.1, 0.15) is 23.1 Å². The predicted octanol–water partition coefficient (Wildman–Crippen LogP) is 3.33. The fraction of sp³-hybridized carbons (Fsp3) is 0.278. The van der Waals surface area contributed by atoms with Crippen LogP contribution < -0.4 is 10.5 Å². The number of benzene rings is 2. The number of hydrogen-bond acceptors (Lipinski definition) is 3. The summed E-state index contributed by atoms with van der Waals surface area (Å²) in [5.41, 5.74) is 9.66. The SMILES string of the molecule is COc1ccc(C)cc1CC(=O)CCc1cccc(N)c1. The zero-order chi connectivity index (χ0) is 15.2. The third-order valence-electron chi connectivity index (χ3n) is 3.47. The molecule has 2 aromatic carbocycles. The van der Waals surface area contributed by atoms with E-state index in [0.29, 0.717) is 12.8 Å². The molecule has 0 aliphatic rings. The number of carbonyl (C=O) groups excluding carboxylic acids is 1. The van der Waals surface area contributed by atoms with Gasteiger partial charge in [0.1, 0.15) is 11.5 Å². The number of ketones is 1. The van der Waals surface area contributed by atoms with Gasteiger partial charge in [-0.3, -0.25) is 4.79 Å². The second-order valence-corrected chi connectivity index (χ2v) is 5.28. The monoisotopic (exact) mass is 283 g/mol. The molecule has 110 valence electrons. The quantitative estimate of drug-likeness (QED) is 0.827. The first-order chi connectivity index (χ1) is 10.1. The summed E-state index contributed by atoms with van der Waals surface area (Å²) >= 11 is 0.